The summed E-state index contributed by atoms with van der Waals surface area (Å²) in [7, 11) is -5.14. The van der Waals surface area contributed by atoms with E-state index in [2.05, 4.69) is 31.3 Å². The third-order valence-electron chi connectivity index (χ3n) is 12.3. The Morgan fingerprint density at radius 1 is 0.556 bits per heavy atom. The maximum Gasteiger partial charge on any atom is 0.472 e. The first-order chi connectivity index (χ1) is 30.3. The average molecular weight is 920 g/mol. The molecule has 0 aliphatic heterocycles. The molecule has 1 aliphatic carbocycles. The standard InChI is InChI=1S/C49H94NO12P/c1-3-5-7-9-11-13-15-17-18-19-20-21-22-23-24-25-26-28-30-32-34-36-40(51)38-43(53)50-41(42(52)37-35-33-31-29-27-16-14-12-10-8-6-4-2)39-61-63(59,60)62-49-47(57)45(55)44(54)46(56)48(49)58/h23-24,35,37,40-42,44-49,51-52,54-58H,3-22,25-34,36,38-39H2,1-2H3,(H,50,53)(H,59,60)/b24-23-,37-35+. The van der Waals surface area contributed by atoms with Crippen molar-refractivity contribution in [1.82, 2.24) is 5.32 Å². The molecule has 1 saturated carbocycles. The highest BCUT2D eigenvalue weighted by atomic mass is 31.2. The summed E-state index contributed by atoms with van der Waals surface area (Å²) in [4.78, 5) is 23.5. The summed E-state index contributed by atoms with van der Waals surface area (Å²) < 4.78 is 22.9. The normalized spacial score (nSPS) is 23.0. The monoisotopic (exact) mass is 920 g/mol. The molecule has 0 radical (unpaired) electrons. The van der Waals surface area contributed by atoms with Crippen molar-refractivity contribution in [2.24, 2.45) is 0 Å². The molecule has 13 nitrogen and oxygen atoms in total. The van der Waals surface area contributed by atoms with Gasteiger partial charge in [0.15, 0.2) is 0 Å². The molecule has 0 heterocycles. The largest absolute Gasteiger partial charge is 0.472 e. The Morgan fingerprint density at radius 2 is 0.921 bits per heavy atom. The summed E-state index contributed by atoms with van der Waals surface area (Å²) in [5.74, 6) is -0.597. The minimum absolute atomic E-state index is 0.249. The van der Waals surface area contributed by atoms with Crippen molar-refractivity contribution in [2.45, 2.75) is 274 Å². The van der Waals surface area contributed by atoms with Gasteiger partial charge >= 0.3 is 7.82 Å². The Labute approximate surface area is 382 Å². The van der Waals surface area contributed by atoms with Crippen molar-refractivity contribution < 1.29 is 59.0 Å². The number of phosphoric ester groups is 1. The van der Waals surface area contributed by atoms with Gasteiger partial charge in [-0.2, -0.15) is 0 Å². The van der Waals surface area contributed by atoms with E-state index in [1.54, 1.807) is 6.08 Å². The Morgan fingerprint density at radius 3 is 1.35 bits per heavy atom. The lowest BCUT2D eigenvalue weighted by atomic mass is 9.85. The molecule has 372 valence electrons. The van der Waals surface area contributed by atoms with E-state index in [0.29, 0.717) is 12.8 Å². The van der Waals surface area contributed by atoms with Gasteiger partial charge in [-0.3, -0.25) is 13.8 Å². The highest BCUT2D eigenvalue weighted by Crippen LogP contribution is 2.47. The van der Waals surface area contributed by atoms with Gasteiger partial charge < -0.3 is 46.0 Å². The summed E-state index contributed by atoms with van der Waals surface area (Å²) in [5.41, 5.74) is 0. The van der Waals surface area contributed by atoms with Crippen molar-refractivity contribution in [3.05, 3.63) is 24.3 Å². The van der Waals surface area contributed by atoms with Crippen LogP contribution in [0.2, 0.25) is 0 Å². The van der Waals surface area contributed by atoms with Crippen LogP contribution in [0.4, 0.5) is 0 Å². The topological polar surface area (TPSA) is 226 Å². The van der Waals surface area contributed by atoms with Crippen LogP contribution in [0.1, 0.15) is 219 Å². The third kappa shape index (κ3) is 30.6. The lowest BCUT2D eigenvalue weighted by Crippen LogP contribution is -2.64. The molecule has 0 aromatic rings. The molecule has 0 saturated heterocycles. The summed E-state index contributed by atoms with van der Waals surface area (Å²) in [6.45, 7) is 3.74. The Bertz CT molecular complexity index is 1180. The van der Waals surface area contributed by atoms with Crippen LogP contribution in [0.25, 0.3) is 0 Å². The Hall–Kier alpha value is -1.22. The molecule has 1 aliphatic rings. The number of nitrogens with one attached hydrogen (secondary N) is 1. The maximum atomic E-state index is 13.0. The fourth-order valence-corrected chi connectivity index (χ4v) is 9.09. The summed E-state index contributed by atoms with van der Waals surface area (Å²) in [6.07, 6.45) is 29.9. The minimum atomic E-state index is -5.14. The summed E-state index contributed by atoms with van der Waals surface area (Å²) in [5, 5.41) is 74.5. The zero-order valence-corrected chi connectivity index (χ0v) is 40.4. The third-order valence-corrected chi connectivity index (χ3v) is 13.3. The zero-order chi connectivity index (χ0) is 46.6. The number of carbonyl (C=O) groups is 1. The van der Waals surface area contributed by atoms with Gasteiger partial charge in [0.25, 0.3) is 0 Å². The van der Waals surface area contributed by atoms with E-state index >= 15 is 0 Å². The average Bonchev–Trinajstić information content (AvgIpc) is 3.26. The SMILES string of the molecule is CCCCCCCCCCCC/C=C/C(O)C(COP(=O)(O)OC1C(O)C(O)C(O)C(O)C1O)NC(=O)CC(O)CCCCCCC/C=C\CCCCCCCCCCCCCC. The number of hydrogen-bond acceptors (Lipinski definition) is 11. The second-order valence-corrected chi connectivity index (χ2v) is 19.6. The van der Waals surface area contributed by atoms with Gasteiger partial charge in [0.05, 0.1) is 31.3 Å². The van der Waals surface area contributed by atoms with Gasteiger partial charge in [0.2, 0.25) is 5.91 Å². The van der Waals surface area contributed by atoms with Gasteiger partial charge in [0, 0.05) is 0 Å². The number of hydrogen-bond donors (Lipinski definition) is 9. The summed E-state index contributed by atoms with van der Waals surface area (Å²) in [6, 6.07) is -1.24. The van der Waals surface area contributed by atoms with Crippen LogP contribution < -0.4 is 5.32 Å². The van der Waals surface area contributed by atoms with E-state index in [0.717, 1.165) is 64.2 Å². The number of aliphatic hydroxyl groups excluding tert-OH is 7. The summed E-state index contributed by atoms with van der Waals surface area (Å²) >= 11 is 0. The van der Waals surface area contributed by atoms with Crippen molar-refractivity contribution in [3.8, 4) is 0 Å². The predicted molar refractivity (Wildman–Crippen MR) is 252 cm³/mol. The van der Waals surface area contributed by atoms with Crippen molar-refractivity contribution in [3.63, 3.8) is 0 Å². The smallest absolute Gasteiger partial charge is 0.393 e. The van der Waals surface area contributed by atoms with E-state index < -0.39 is 75.2 Å². The molecule has 0 bridgehead atoms. The fraction of sp³-hybridized carbons (Fsp3) is 0.898. The molecule has 8 unspecified atom stereocenters. The van der Waals surface area contributed by atoms with Crippen LogP contribution >= 0.6 is 7.82 Å². The van der Waals surface area contributed by atoms with E-state index in [4.69, 9.17) is 9.05 Å². The molecule has 1 rings (SSSR count). The highest BCUT2D eigenvalue weighted by Gasteiger charge is 2.51. The quantitative estimate of drug-likeness (QED) is 0.0159. The lowest BCUT2D eigenvalue weighted by molar-refractivity contribution is -0.220. The minimum Gasteiger partial charge on any atom is -0.393 e. The number of rotatable bonds is 42. The van der Waals surface area contributed by atoms with Gasteiger partial charge in [-0.25, -0.2) is 4.57 Å². The van der Waals surface area contributed by atoms with E-state index in [1.807, 2.05) is 0 Å². The van der Waals surface area contributed by atoms with E-state index in [1.165, 1.54) is 128 Å². The number of phosphoric acid groups is 1. The number of amides is 1. The van der Waals surface area contributed by atoms with Gasteiger partial charge in [-0.15, -0.1) is 0 Å². The number of aliphatic hydroxyl groups is 7. The van der Waals surface area contributed by atoms with Gasteiger partial charge in [0.1, 0.15) is 36.6 Å². The van der Waals surface area contributed by atoms with Gasteiger partial charge in [-0.1, -0.05) is 192 Å². The van der Waals surface area contributed by atoms with Crippen molar-refractivity contribution >= 4 is 13.7 Å². The van der Waals surface area contributed by atoms with Crippen molar-refractivity contribution in [1.29, 1.82) is 0 Å². The molecule has 9 N–H and O–H groups in total. The van der Waals surface area contributed by atoms with Crippen LogP contribution in [-0.2, 0) is 18.4 Å². The first-order valence-corrected chi connectivity index (χ1v) is 26.9. The molecule has 8 atom stereocenters. The molecule has 0 spiro atoms. The molecular formula is C49H94NO12P. The molecular weight excluding hydrogens is 826 g/mol. The van der Waals surface area contributed by atoms with Crippen LogP contribution in [0.15, 0.2) is 24.3 Å². The first-order valence-electron chi connectivity index (χ1n) is 25.4. The second kappa shape index (κ2) is 38.8. The van der Waals surface area contributed by atoms with Gasteiger partial charge in [-0.05, 0) is 44.9 Å². The molecule has 14 heteroatoms. The molecule has 1 amide bonds. The molecule has 0 aromatic carbocycles. The van der Waals surface area contributed by atoms with Crippen LogP contribution in [0.3, 0.4) is 0 Å². The van der Waals surface area contributed by atoms with Crippen LogP contribution in [0, 0.1) is 0 Å². The molecule has 0 aromatic heterocycles. The Kier molecular flexibility index (Phi) is 36.9. The Balaban J connectivity index is 2.44. The highest BCUT2D eigenvalue weighted by molar-refractivity contribution is 7.47. The van der Waals surface area contributed by atoms with Crippen LogP contribution in [0.5, 0.6) is 0 Å². The number of carbonyl (C=O) groups excluding carboxylic acids is 1. The second-order valence-electron chi connectivity index (χ2n) is 18.2. The van der Waals surface area contributed by atoms with Crippen molar-refractivity contribution in [2.75, 3.05) is 6.61 Å². The lowest BCUT2D eigenvalue weighted by Gasteiger charge is -2.41. The zero-order valence-electron chi connectivity index (χ0n) is 39.5. The molecule has 63 heavy (non-hydrogen) atoms. The fourth-order valence-electron chi connectivity index (χ4n) is 8.12. The number of unbranched alkanes of at least 4 members (excludes halogenated alkanes) is 27. The van der Waals surface area contributed by atoms with E-state index in [-0.39, 0.29) is 6.42 Å². The van der Waals surface area contributed by atoms with Crippen LogP contribution in [-0.4, -0.2) is 108 Å². The molecule has 1 fully saturated rings. The number of allylic oxidation sites excluding steroid dienone is 3. The predicted octanol–water partition coefficient (Wildman–Crippen LogP) is 9.15. The first kappa shape index (κ1) is 59.8. The van der Waals surface area contributed by atoms with E-state index in [9.17, 15) is 50.0 Å². The maximum absolute atomic E-state index is 13.0.